The minimum absolute atomic E-state index is 0.00556. The van der Waals surface area contributed by atoms with Crippen LogP contribution in [-0.2, 0) is 4.79 Å². The standard InChI is InChI=1S/C14H22N2O/c1-4-5-13(15)14(17)16-11(3)12-8-6-10(2)7-9-12/h6-9,11,13H,4-5,15H2,1-3H3,(H,16,17)/t11?,13-/m1/s1. The quantitative estimate of drug-likeness (QED) is 0.821. The maximum Gasteiger partial charge on any atom is 0.237 e. The summed E-state index contributed by atoms with van der Waals surface area (Å²) < 4.78 is 0. The van der Waals surface area contributed by atoms with E-state index in [-0.39, 0.29) is 11.9 Å². The summed E-state index contributed by atoms with van der Waals surface area (Å²) in [5.74, 6) is -0.0695. The van der Waals surface area contributed by atoms with Crippen LogP contribution >= 0.6 is 0 Å². The lowest BCUT2D eigenvalue weighted by atomic mass is 10.1. The van der Waals surface area contributed by atoms with Gasteiger partial charge in [-0.05, 0) is 25.8 Å². The average molecular weight is 234 g/mol. The fourth-order valence-electron chi connectivity index (χ4n) is 1.70. The van der Waals surface area contributed by atoms with Gasteiger partial charge in [0, 0.05) is 0 Å². The number of hydrogen-bond acceptors (Lipinski definition) is 2. The smallest absolute Gasteiger partial charge is 0.237 e. The van der Waals surface area contributed by atoms with E-state index in [1.54, 1.807) is 0 Å². The van der Waals surface area contributed by atoms with Gasteiger partial charge in [-0.1, -0.05) is 43.2 Å². The van der Waals surface area contributed by atoms with Crippen LogP contribution in [-0.4, -0.2) is 11.9 Å². The van der Waals surface area contributed by atoms with Gasteiger partial charge in [0.25, 0.3) is 0 Å². The van der Waals surface area contributed by atoms with Crippen LogP contribution in [0.1, 0.15) is 43.9 Å². The van der Waals surface area contributed by atoms with Crippen molar-refractivity contribution in [1.29, 1.82) is 0 Å². The highest BCUT2D eigenvalue weighted by atomic mass is 16.2. The Morgan fingerprint density at radius 2 is 1.94 bits per heavy atom. The van der Waals surface area contributed by atoms with Crippen molar-refractivity contribution in [3.8, 4) is 0 Å². The number of nitrogens with two attached hydrogens (primary N) is 1. The van der Waals surface area contributed by atoms with Crippen molar-refractivity contribution in [2.75, 3.05) is 0 Å². The second kappa shape index (κ2) is 6.40. The molecule has 0 radical (unpaired) electrons. The van der Waals surface area contributed by atoms with Gasteiger partial charge in [-0.3, -0.25) is 4.79 Å². The number of rotatable bonds is 5. The number of carbonyl (C=O) groups excluding carboxylic acids is 1. The largest absolute Gasteiger partial charge is 0.348 e. The molecule has 2 atom stereocenters. The Morgan fingerprint density at radius 1 is 1.35 bits per heavy atom. The van der Waals surface area contributed by atoms with Gasteiger partial charge in [0.15, 0.2) is 0 Å². The SMILES string of the molecule is CCC[C@@H](N)C(=O)NC(C)c1ccc(C)cc1. The number of carbonyl (C=O) groups is 1. The molecule has 0 saturated heterocycles. The average Bonchev–Trinajstić information content (AvgIpc) is 2.30. The Morgan fingerprint density at radius 3 is 2.47 bits per heavy atom. The summed E-state index contributed by atoms with van der Waals surface area (Å²) in [5.41, 5.74) is 8.09. The van der Waals surface area contributed by atoms with Crippen LogP contribution in [0, 0.1) is 6.92 Å². The van der Waals surface area contributed by atoms with Crippen LogP contribution in [0.2, 0.25) is 0 Å². The molecule has 0 spiro atoms. The van der Waals surface area contributed by atoms with Gasteiger partial charge in [0.2, 0.25) is 5.91 Å². The molecule has 3 heteroatoms. The number of hydrogen-bond donors (Lipinski definition) is 2. The third-order valence-corrected chi connectivity index (χ3v) is 2.87. The first-order chi connectivity index (χ1) is 8.04. The molecule has 3 nitrogen and oxygen atoms in total. The lowest BCUT2D eigenvalue weighted by Crippen LogP contribution is -2.41. The first kappa shape index (κ1) is 13.7. The Hall–Kier alpha value is -1.35. The molecule has 0 heterocycles. The summed E-state index contributed by atoms with van der Waals surface area (Å²) in [6.07, 6.45) is 1.65. The molecule has 0 saturated carbocycles. The zero-order valence-electron chi connectivity index (χ0n) is 10.9. The van der Waals surface area contributed by atoms with E-state index in [1.807, 2.05) is 45.0 Å². The summed E-state index contributed by atoms with van der Waals surface area (Å²) in [5, 5.41) is 2.94. The Kier molecular flexibility index (Phi) is 5.16. The van der Waals surface area contributed by atoms with E-state index >= 15 is 0 Å². The molecule has 17 heavy (non-hydrogen) atoms. The Bertz CT molecular complexity index is 359. The Labute approximate surface area is 103 Å². The maximum absolute atomic E-state index is 11.7. The van der Waals surface area contributed by atoms with Crippen molar-refractivity contribution in [2.24, 2.45) is 5.73 Å². The van der Waals surface area contributed by atoms with Crippen LogP contribution < -0.4 is 11.1 Å². The fourth-order valence-corrected chi connectivity index (χ4v) is 1.70. The lowest BCUT2D eigenvalue weighted by Gasteiger charge is -2.17. The molecule has 3 N–H and O–H groups in total. The van der Waals surface area contributed by atoms with Gasteiger partial charge >= 0.3 is 0 Å². The highest BCUT2D eigenvalue weighted by Gasteiger charge is 2.15. The molecule has 0 aromatic heterocycles. The maximum atomic E-state index is 11.7. The number of amides is 1. The van der Waals surface area contributed by atoms with E-state index in [4.69, 9.17) is 5.73 Å². The summed E-state index contributed by atoms with van der Waals surface area (Å²) in [6.45, 7) is 6.04. The second-order valence-electron chi connectivity index (χ2n) is 4.54. The molecule has 1 aromatic rings. The Balaban J connectivity index is 2.57. The van der Waals surface area contributed by atoms with E-state index in [1.165, 1.54) is 5.56 Å². The number of benzene rings is 1. The molecular weight excluding hydrogens is 212 g/mol. The third kappa shape index (κ3) is 4.19. The van der Waals surface area contributed by atoms with Gasteiger partial charge in [-0.15, -0.1) is 0 Å². The summed E-state index contributed by atoms with van der Waals surface area (Å²) in [4.78, 5) is 11.7. The lowest BCUT2D eigenvalue weighted by molar-refractivity contribution is -0.123. The van der Waals surface area contributed by atoms with E-state index in [0.29, 0.717) is 0 Å². The first-order valence-electron chi connectivity index (χ1n) is 6.17. The molecule has 0 fully saturated rings. The summed E-state index contributed by atoms with van der Waals surface area (Å²) >= 11 is 0. The zero-order chi connectivity index (χ0) is 12.8. The number of aryl methyl sites for hydroxylation is 1. The molecule has 1 amide bonds. The van der Waals surface area contributed by atoms with Crippen molar-refractivity contribution >= 4 is 5.91 Å². The van der Waals surface area contributed by atoms with Gasteiger partial charge in [0.1, 0.15) is 0 Å². The molecule has 0 aliphatic carbocycles. The van der Waals surface area contributed by atoms with Gasteiger partial charge in [-0.25, -0.2) is 0 Å². The van der Waals surface area contributed by atoms with Crippen LogP contribution in [0.4, 0.5) is 0 Å². The van der Waals surface area contributed by atoms with Crippen molar-refractivity contribution in [2.45, 2.75) is 45.7 Å². The van der Waals surface area contributed by atoms with Crippen LogP contribution in [0.25, 0.3) is 0 Å². The van der Waals surface area contributed by atoms with Gasteiger partial charge < -0.3 is 11.1 Å². The first-order valence-corrected chi connectivity index (χ1v) is 6.17. The molecule has 1 rings (SSSR count). The van der Waals surface area contributed by atoms with E-state index in [2.05, 4.69) is 5.32 Å². The molecule has 1 aromatic carbocycles. The third-order valence-electron chi connectivity index (χ3n) is 2.87. The molecular formula is C14H22N2O. The van der Waals surface area contributed by atoms with Crippen molar-refractivity contribution < 1.29 is 4.79 Å². The summed E-state index contributed by atoms with van der Waals surface area (Å²) in [6, 6.07) is 7.77. The molecule has 94 valence electrons. The van der Waals surface area contributed by atoms with Crippen molar-refractivity contribution in [3.63, 3.8) is 0 Å². The predicted octanol–water partition coefficient (Wildman–Crippen LogP) is 2.30. The monoisotopic (exact) mass is 234 g/mol. The van der Waals surface area contributed by atoms with Gasteiger partial charge in [-0.2, -0.15) is 0 Å². The van der Waals surface area contributed by atoms with Crippen molar-refractivity contribution in [1.82, 2.24) is 5.32 Å². The van der Waals surface area contributed by atoms with Crippen LogP contribution in [0.5, 0.6) is 0 Å². The van der Waals surface area contributed by atoms with E-state index < -0.39 is 6.04 Å². The normalized spacial score (nSPS) is 14.1. The fraction of sp³-hybridized carbons (Fsp3) is 0.500. The summed E-state index contributed by atoms with van der Waals surface area (Å²) in [7, 11) is 0. The highest BCUT2D eigenvalue weighted by Crippen LogP contribution is 2.13. The van der Waals surface area contributed by atoms with E-state index in [0.717, 1.165) is 18.4 Å². The number of nitrogens with one attached hydrogen (secondary N) is 1. The molecule has 1 unspecified atom stereocenters. The van der Waals surface area contributed by atoms with Crippen LogP contribution in [0.15, 0.2) is 24.3 Å². The van der Waals surface area contributed by atoms with Crippen LogP contribution in [0.3, 0.4) is 0 Å². The second-order valence-corrected chi connectivity index (χ2v) is 4.54. The molecule has 0 aliphatic heterocycles. The molecule has 0 bridgehead atoms. The predicted molar refractivity (Wildman–Crippen MR) is 70.6 cm³/mol. The zero-order valence-corrected chi connectivity index (χ0v) is 10.9. The minimum Gasteiger partial charge on any atom is -0.348 e. The van der Waals surface area contributed by atoms with Crippen molar-refractivity contribution in [3.05, 3.63) is 35.4 Å². The van der Waals surface area contributed by atoms with E-state index in [9.17, 15) is 4.79 Å². The minimum atomic E-state index is -0.395. The van der Waals surface area contributed by atoms with Gasteiger partial charge in [0.05, 0.1) is 12.1 Å². The topological polar surface area (TPSA) is 55.1 Å². The highest BCUT2D eigenvalue weighted by molar-refractivity contribution is 5.81. The molecule has 0 aliphatic rings.